The summed E-state index contributed by atoms with van der Waals surface area (Å²) in [5.74, 6) is 2.78. The third kappa shape index (κ3) is 6.77. The van der Waals surface area contributed by atoms with Crippen LogP contribution < -0.4 is 0 Å². The van der Waals surface area contributed by atoms with E-state index in [1.165, 1.54) is 18.7 Å². The second kappa shape index (κ2) is 11.6. The Balaban J connectivity index is 1.70. The molecular weight excluding hydrogens is 396 g/mol. The summed E-state index contributed by atoms with van der Waals surface area (Å²) in [5.41, 5.74) is 1.08. The van der Waals surface area contributed by atoms with Gasteiger partial charge >= 0.3 is 5.97 Å². The van der Waals surface area contributed by atoms with Gasteiger partial charge in [-0.1, -0.05) is 60.5 Å². The van der Waals surface area contributed by atoms with Crippen LogP contribution in [-0.4, -0.2) is 30.4 Å². The quantitative estimate of drug-likeness (QED) is 0.272. The molecule has 0 radical (unpaired) electrons. The van der Waals surface area contributed by atoms with E-state index < -0.39 is 12.2 Å². The van der Waals surface area contributed by atoms with Gasteiger partial charge in [0.15, 0.2) is 6.10 Å². The second-order valence-corrected chi connectivity index (χ2v) is 7.88. The van der Waals surface area contributed by atoms with Crippen molar-refractivity contribution in [1.29, 1.82) is 0 Å². The van der Waals surface area contributed by atoms with Crippen molar-refractivity contribution >= 4 is 17.7 Å². The van der Waals surface area contributed by atoms with Gasteiger partial charge in [0.2, 0.25) is 0 Å². The van der Waals surface area contributed by atoms with Gasteiger partial charge in [-0.15, -0.1) is 6.58 Å². The Morgan fingerprint density at radius 1 is 1.17 bits per heavy atom. The van der Waals surface area contributed by atoms with Gasteiger partial charge in [-0.05, 0) is 41.1 Å². The minimum Gasteiger partial charge on any atom is -0.459 e. The van der Waals surface area contributed by atoms with Crippen LogP contribution in [0.3, 0.4) is 0 Å². The molecule has 1 aliphatic rings. The molecule has 0 spiro atoms. The number of carbonyl (C=O) groups is 1. The lowest BCUT2D eigenvalue weighted by Crippen LogP contribution is -2.49. The van der Waals surface area contributed by atoms with Gasteiger partial charge in [0.05, 0.1) is 18.8 Å². The smallest absolute Gasteiger partial charge is 0.303 e. The first-order valence-electron chi connectivity index (χ1n) is 9.97. The molecule has 0 aromatic heterocycles. The molecule has 0 N–H and O–H groups in total. The highest BCUT2D eigenvalue weighted by atomic mass is 32.2. The highest BCUT2D eigenvalue weighted by Crippen LogP contribution is 2.28. The predicted octanol–water partition coefficient (Wildman–Crippen LogP) is 4.99. The van der Waals surface area contributed by atoms with E-state index in [1.54, 1.807) is 0 Å². The lowest BCUT2D eigenvalue weighted by atomic mass is 9.96. The SMILES string of the molecule is C=CC[C@@H]1O[C@H](C#CSc2ccccc2)[C@@H](OC(C)=O)C[C@H]1OCc1ccccc1. The van der Waals surface area contributed by atoms with E-state index in [0.717, 1.165) is 10.5 Å². The molecule has 2 aromatic rings. The highest BCUT2D eigenvalue weighted by Gasteiger charge is 2.39. The van der Waals surface area contributed by atoms with Gasteiger partial charge in [-0.3, -0.25) is 4.79 Å². The van der Waals surface area contributed by atoms with Gasteiger partial charge in [0.1, 0.15) is 6.10 Å². The lowest BCUT2D eigenvalue weighted by molar-refractivity contribution is -0.189. The number of esters is 1. The molecule has 1 aliphatic heterocycles. The van der Waals surface area contributed by atoms with Crippen LogP contribution in [0.5, 0.6) is 0 Å². The molecule has 1 heterocycles. The van der Waals surface area contributed by atoms with E-state index in [1.807, 2.05) is 66.7 Å². The fourth-order valence-electron chi connectivity index (χ4n) is 3.28. The zero-order chi connectivity index (χ0) is 21.2. The average Bonchev–Trinajstić information content (AvgIpc) is 2.75. The van der Waals surface area contributed by atoms with Crippen LogP contribution >= 0.6 is 11.8 Å². The van der Waals surface area contributed by atoms with Gasteiger partial charge in [0.25, 0.3) is 0 Å². The monoisotopic (exact) mass is 422 g/mol. The zero-order valence-electron chi connectivity index (χ0n) is 17.0. The maximum absolute atomic E-state index is 11.7. The second-order valence-electron chi connectivity index (χ2n) is 7.00. The summed E-state index contributed by atoms with van der Waals surface area (Å²) in [6, 6.07) is 19.9. The third-order valence-electron chi connectivity index (χ3n) is 4.67. The molecule has 0 amide bonds. The summed E-state index contributed by atoms with van der Waals surface area (Å²) in [5, 5.41) is 3.09. The Bertz CT molecular complexity index is 872. The van der Waals surface area contributed by atoms with Crippen LogP contribution in [0.15, 0.2) is 78.2 Å². The van der Waals surface area contributed by atoms with Crippen LogP contribution in [0.4, 0.5) is 0 Å². The highest BCUT2D eigenvalue weighted by molar-refractivity contribution is 8.03. The first-order valence-corrected chi connectivity index (χ1v) is 10.8. The number of hydrogen-bond donors (Lipinski definition) is 0. The summed E-state index contributed by atoms with van der Waals surface area (Å²) < 4.78 is 17.9. The van der Waals surface area contributed by atoms with E-state index in [-0.39, 0.29) is 18.2 Å². The van der Waals surface area contributed by atoms with Gasteiger partial charge in [0, 0.05) is 18.2 Å². The number of thioether (sulfide) groups is 1. The molecule has 0 bridgehead atoms. The van der Waals surface area contributed by atoms with Crippen LogP contribution in [0.2, 0.25) is 0 Å². The summed E-state index contributed by atoms with van der Waals surface area (Å²) in [6.07, 6.45) is 1.58. The molecule has 4 nitrogen and oxygen atoms in total. The molecule has 1 fully saturated rings. The van der Waals surface area contributed by atoms with Crippen molar-refractivity contribution in [3.8, 4) is 11.2 Å². The summed E-state index contributed by atoms with van der Waals surface area (Å²) >= 11 is 1.42. The topological polar surface area (TPSA) is 44.8 Å². The fourth-order valence-corrected chi connectivity index (χ4v) is 3.86. The predicted molar refractivity (Wildman–Crippen MR) is 119 cm³/mol. The summed E-state index contributed by atoms with van der Waals surface area (Å²) in [7, 11) is 0. The van der Waals surface area contributed by atoms with Crippen molar-refractivity contribution in [2.24, 2.45) is 0 Å². The maximum atomic E-state index is 11.7. The van der Waals surface area contributed by atoms with Crippen molar-refractivity contribution < 1.29 is 19.0 Å². The van der Waals surface area contributed by atoms with Crippen LogP contribution in [0, 0.1) is 11.2 Å². The first-order chi connectivity index (χ1) is 14.7. The molecule has 30 heavy (non-hydrogen) atoms. The number of rotatable bonds is 7. The minimum absolute atomic E-state index is 0.195. The first kappa shape index (κ1) is 22.2. The lowest BCUT2D eigenvalue weighted by Gasteiger charge is -2.38. The normalized spacial score (nSPS) is 23.1. The largest absolute Gasteiger partial charge is 0.459 e. The Morgan fingerprint density at radius 3 is 2.53 bits per heavy atom. The van der Waals surface area contributed by atoms with E-state index in [4.69, 9.17) is 14.2 Å². The van der Waals surface area contributed by atoms with Gasteiger partial charge < -0.3 is 14.2 Å². The molecule has 1 saturated heterocycles. The fraction of sp³-hybridized carbons (Fsp3) is 0.320. The van der Waals surface area contributed by atoms with Crippen LogP contribution in [-0.2, 0) is 25.6 Å². The molecule has 0 unspecified atom stereocenters. The van der Waals surface area contributed by atoms with E-state index in [2.05, 4.69) is 17.8 Å². The van der Waals surface area contributed by atoms with Crippen molar-refractivity contribution in [2.45, 2.75) is 55.7 Å². The number of ether oxygens (including phenoxy) is 3. The van der Waals surface area contributed by atoms with Crippen LogP contribution in [0.25, 0.3) is 0 Å². The minimum atomic E-state index is -0.508. The molecule has 3 rings (SSSR count). The number of carbonyl (C=O) groups excluding carboxylic acids is 1. The summed E-state index contributed by atoms with van der Waals surface area (Å²) in [4.78, 5) is 12.7. The van der Waals surface area contributed by atoms with Crippen molar-refractivity contribution in [1.82, 2.24) is 0 Å². The van der Waals surface area contributed by atoms with Crippen LogP contribution in [0.1, 0.15) is 25.3 Å². The Labute approximate surface area is 182 Å². The molecular formula is C25H26O4S. The zero-order valence-corrected chi connectivity index (χ0v) is 17.8. The molecule has 5 heteroatoms. The molecule has 156 valence electrons. The van der Waals surface area contributed by atoms with Crippen molar-refractivity contribution in [3.63, 3.8) is 0 Å². The third-order valence-corrected chi connectivity index (χ3v) is 5.40. The Kier molecular flexibility index (Phi) is 8.58. The molecule has 0 saturated carbocycles. The molecule has 4 atom stereocenters. The Hall–Kier alpha value is -2.52. The standard InChI is InChI=1S/C25H26O4S/c1-3-10-22-24(27-18-20-11-6-4-7-12-20)17-25(28-19(2)26)23(29-22)15-16-30-21-13-8-5-9-14-21/h3-9,11-14,22-25H,1,10,17-18H2,2H3/t22-,23+,24+,25-/m0/s1. The Morgan fingerprint density at radius 2 is 1.87 bits per heavy atom. The number of hydrogen-bond acceptors (Lipinski definition) is 5. The maximum Gasteiger partial charge on any atom is 0.303 e. The van der Waals surface area contributed by atoms with E-state index in [9.17, 15) is 4.79 Å². The molecule has 0 aliphatic carbocycles. The number of benzene rings is 2. The van der Waals surface area contributed by atoms with E-state index in [0.29, 0.717) is 19.4 Å². The molecule has 2 aromatic carbocycles. The van der Waals surface area contributed by atoms with Crippen molar-refractivity contribution in [3.05, 3.63) is 78.9 Å². The summed E-state index contributed by atoms with van der Waals surface area (Å²) in [6.45, 7) is 5.71. The van der Waals surface area contributed by atoms with E-state index >= 15 is 0 Å². The average molecular weight is 423 g/mol. The van der Waals surface area contributed by atoms with Gasteiger partial charge in [-0.25, -0.2) is 0 Å². The van der Waals surface area contributed by atoms with Crippen molar-refractivity contribution in [2.75, 3.05) is 0 Å². The van der Waals surface area contributed by atoms with Gasteiger partial charge in [-0.2, -0.15) is 0 Å².